The van der Waals surface area contributed by atoms with Crippen LogP contribution in [-0.4, -0.2) is 18.9 Å². The fourth-order valence-electron chi connectivity index (χ4n) is 0.727. The molecule has 0 aliphatic heterocycles. The number of alkyl halides is 2. The number of nitrogens with two attached hydrogens (primary N) is 1. The van der Waals surface area contributed by atoms with Crippen molar-refractivity contribution in [2.45, 2.75) is 6.43 Å². The standard InChI is InChI=1S/C7H8F2N2OS/c8-6(9)2-11-7(12)5-1-4(10)3-13-5/h1,3,6H,2,10H2,(H,11,12). The van der Waals surface area contributed by atoms with Gasteiger partial charge in [-0.2, -0.15) is 0 Å². The first-order valence-electron chi connectivity index (χ1n) is 3.50. The molecule has 3 nitrogen and oxygen atoms in total. The van der Waals surface area contributed by atoms with E-state index in [4.69, 9.17) is 5.73 Å². The molecule has 0 aromatic carbocycles. The zero-order valence-electron chi connectivity index (χ0n) is 6.59. The lowest BCUT2D eigenvalue weighted by molar-refractivity contribution is 0.0895. The normalized spacial score (nSPS) is 10.4. The molecule has 6 heteroatoms. The molecule has 1 rings (SSSR count). The van der Waals surface area contributed by atoms with E-state index in [-0.39, 0.29) is 0 Å². The summed E-state index contributed by atoms with van der Waals surface area (Å²) in [6.07, 6.45) is -2.53. The molecule has 1 heterocycles. The number of carbonyl (C=O) groups is 1. The van der Waals surface area contributed by atoms with Crippen LogP contribution in [-0.2, 0) is 0 Å². The highest BCUT2D eigenvalue weighted by Gasteiger charge is 2.10. The van der Waals surface area contributed by atoms with E-state index in [9.17, 15) is 13.6 Å². The molecular formula is C7H8F2N2OS. The number of nitrogen functional groups attached to an aromatic ring is 1. The van der Waals surface area contributed by atoms with Crippen LogP contribution in [0.3, 0.4) is 0 Å². The molecule has 72 valence electrons. The Morgan fingerprint density at radius 2 is 2.38 bits per heavy atom. The van der Waals surface area contributed by atoms with Gasteiger partial charge in [0.25, 0.3) is 12.3 Å². The van der Waals surface area contributed by atoms with Gasteiger partial charge in [0.1, 0.15) is 0 Å². The summed E-state index contributed by atoms with van der Waals surface area (Å²) in [4.78, 5) is 11.4. The number of nitrogens with one attached hydrogen (secondary N) is 1. The first-order chi connectivity index (χ1) is 6.09. The van der Waals surface area contributed by atoms with Crippen LogP contribution in [0.4, 0.5) is 14.5 Å². The molecule has 3 N–H and O–H groups in total. The van der Waals surface area contributed by atoms with Gasteiger partial charge in [0.15, 0.2) is 0 Å². The Hall–Kier alpha value is -1.17. The Balaban J connectivity index is 2.49. The van der Waals surface area contributed by atoms with Crippen molar-refractivity contribution in [1.82, 2.24) is 5.32 Å². The third-order valence-corrected chi connectivity index (χ3v) is 2.21. The Bertz CT molecular complexity index is 300. The molecule has 1 aromatic rings. The lowest BCUT2D eigenvalue weighted by atomic mass is 10.4. The van der Waals surface area contributed by atoms with Crippen molar-refractivity contribution in [2.75, 3.05) is 12.3 Å². The van der Waals surface area contributed by atoms with Crippen molar-refractivity contribution in [3.8, 4) is 0 Å². The zero-order valence-corrected chi connectivity index (χ0v) is 7.41. The van der Waals surface area contributed by atoms with Gasteiger partial charge < -0.3 is 11.1 Å². The maximum absolute atomic E-state index is 11.7. The predicted molar refractivity (Wildman–Crippen MR) is 47.1 cm³/mol. The molecule has 13 heavy (non-hydrogen) atoms. The lowest BCUT2D eigenvalue weighted by Crippen LogP contribution is -2.27. The monoisotopic (exact) mass is 206 g/mol. The van der Waals surface area contributed by atoms with Crippen LogP contribution < -0.4 is 11.1 Å². The fraction of sp³-hybridized carbons (Fsp3) is 0.286. The number of amides is 1. The first kappa shape index (κ1) is 9.91. The second-order valence-electron chi connectivity index (χ2n) is 2.35. The molecule has 1 aromatic heterocycles. The van der Waals surface area contributed by atoms with E-state index >= 15 is 0 Å². The van der Waals surface area contributed by atoms with Crippen molar-refractivity contribution >= 4 is 22.9 Å². The number of rotatable bonds is 3. The van der Waals surface area contributed by atoms with Crippen molar-refractivity contribution in [3.63, 3.8) is 0 Å². The molecule has 0 radical (unpaired) electrons. The van der Waals surface area contributed by atoms with Gasteiger partial charge in [-0.3, -0.25) is 4.79 Å². The third kappa shape index (κ3) is 2.98. The van der Waals surface area contributed by atoms with Gasteiger partial charge in [0, 0.05) is 11.1 Å². The second kappa shape index (κ2) is 4.18. The van der Waals surface area contributed by atoms with Crippen LogP contribution in [0.15, 0.2) is 11.4 Å². The van der Waals surface area contributed by atoms with Crippen LogP contribution in [0.5, 0.6) is 0 Å². The molecule has 1 amide bonds. The van der Waals surface area contributed by atoms with Crippen LogP contribution in [0, 0.1) is 0 Å². The minimum absolute atomic E-state index is 0.346. The predicted octanol–water partition coefficient (Wildman–Crippen LogP) is 1.33. The number of carbonyl (C=O) groups excluding carboxylic acids is 1. The van der Waals surface area contributed by atoms with Crippen molar-refractivity contribution in [3.05, 3.63) is 16.3 Å². The summed E-state index contributed by atoms with van der Waals surface area (Å²) in [6.45, 7) is -0.628. The van der Waals surface area contributed by atoms with E-state index in [0.717, 1.165) is 11.3 Å². The minimum atomic E-state index is -2.53. The largest absolute Gasteiger partial charge is 0.398 e. The second-order valence-corrected chi connectivity index (χ2v) is 3.26. The van der Waals surface area contributed by atoms with Crippen molar-refractivity contribution < 1.29 is 13.6 Å². The van der Waals surface area contributed by atoms with Gasteiger partial charge in [-0.05, 0) is 6.07 Å². The van der Waals surface area contributed by atoms with E-state index in [0.29, 0.717) is 10.6 Å². The molecule has 0 spiro atoms. The van der Waals surface area contributed by atoms with Gasteiger partial charge in [-0.25, -0.2) is 8.78 Å². The molecule has 0 unspecified atom stereocenters. The molecule has 0 atom stereocenters. The highest BCUT2D eigenvalue weighted by molar-refractivity contribution is 7.12. The summed E-state index contributed by atoms with van der Waals surface area (Å²) in [5.41, 5.74) is 5.82. The van der Waals surface area contributed by atoms with Crippen LogP contribution in [0.2, 0.25) is 0 Å². The van der Waals surface area contributed by atoms with Crippen LogP contribution in [0.25, 0.3) is 0 Å². The number of anilines is 1. The Kier molecular flexibility index (Phi) is 3.18. The third-order valence-electron chi connectivity index (χ3n) is 1.26. The van der Waals surface area contributed by atoms with E-state index in [1.807, 2.05) is 0 Å². The van der Waals surface area contributed by atoms with E-state index in [1.54, 1.807) is 5.38 Å². The van der Waals surface area contributed by atoms with E-state index in [2.05, 4.69) is 5.32 Å². The number of hydrogen-bond donors (Lipinski definition) is 2. The average Bonchev–Trinajstić information content (AvgIpc) is 2.47. The summed E-state index contributed by atoms with van der Waals surface area (Å²) in [5, 5.41) is 3.66. The van der Waals surface area contributed by atoms with Gasteiger partial charge in [0.2, 0.25) is 0 Å². The van der Waals surface area contributed by atoms with E-state index < -0.39 is 18.9 Å². The summed E-state index contributed by atoms with van der Waals surface area (Å²) in [7, 11) is 0. The molecular weight excluding hydrogens is 198 g/mol. The van der Waals surface area contributed by atoms with Crippen LogP contribution >= 0.6 is 11.3 Å². The van der Waals surface area contributed by atoms with Gasteiger partial charge >= 0.3 is 0 Å². The Labute approximate surface area is 77.5 Å². The molecule has 0 aliphatic rings. The maximum atomic E-state index is 11.7. The smallest absolute Gasteiger partial charge is 0.261 e. The molecule has 0 fully saturated rings. The molecule has 0 saturated heterocycles. The Morgan fingerprint density at radius 3 is 2.85 bits per heavy atom. The average molecular weight is 206 g/mol. The zero-order chi connectivity index (χ0) is 9.84. The highest BCUT2D eigenvalue weighted by atomic mass is 32.1. The SMILES string of the molecule is Nc1csc(C(=O)NCC(F)F)c1. The van der Waals surface area contributed by atoms with Crippen molar-refractivity contribution in [2.24, 2.45) is 0 Å². The van der Waals surface area contributed by atoms with Gasteiger partial charge in [0.05, 0.1) is 11.4 Å². The Morgan fingerprint density at radius 1 is 1.69 bits per heavy atom. The lowest BCUT2D eigenvalue weighted by Gasteiger charge is -2.00. The quantitative estimate of drug-likeness (QED) is 0.783. The number of thiophene rings is 1. The molecule has 0 bridgehead atoms. The fourth-order valence-corrected chi connectivity index (χ4v) is 1.44. The van der Waals surface area contributed by atoms with Gasteiger partial charge in [-0.1, -0.05) is 0 Å². The minimum Gasteiger partial charge on any atom is -0.398 e. The first-order valence-corrected chi connectivity index (χ1v) is 4.38. The van der Waals surface area contributed by atoms with Gasteiger partial charge in [-0.15, -0.1) is 11.3 Å². The molecule has 0 saturated carbocycles. The summed E-state index contributed by atoms with van der Waals surface area (Å²) in [5.74, 6) is -0.512. The highest BCUT2D eigenvalue weighted by Crippen LogP contribution is 2.15. The number of halogens is 2. The summed E-state index contributed by atoms with van der Waals surface area (Å²) in [6, 6.07) is 1.45. The van der Waals surface area contributed by atoms with Crippen molar-refractivity contribution in [1.29, 1.82) is 0 Å². The maximum Gasteiger partial charge on any atom is 0.261 e. The molecule has 0 aliphatic carbocycles. The number of hydrogen-bond acceptors (Lipinski definition) is 3. The van der Waals surface area contributed by atoms with E-state index in [1.165, 1.54) is 6.07 Å². The summed E-state index contributed by atoms with van der Waals surface area (Å²) >= 11 is 1.13. The van der Waals surface area contributed by atoms with Crippen LogP contribution in [0.1, 0.15) is 9.67 Å². The topological polar surface area (TPSA) is 55.1 Å². The summed E-state index contributed by atoms with van der Waals surface area (Å²) < 4.78 is 23.4.